The van der Waals surface area contributed by atoms with Crippen LogP contribution in [0.1, 0.15) is 43.2 Å². The van der Waals surface area contributed by atoms with Gasteiger partial charge in [-0.05, 0) is 24.0 Å². The van der Waals surface area contributed by atoms with E-state index in [-0.39, 0.29) is 19.3 Å². The molecular weight excluding hydrogens is 326 g/mol. The van der Waals surface area contributed by atoms with Crippen LogP contribution in [0.5, 0.6) is 0 Å². The average molecular weight is 353 g/mol. The molecule has 1 saturated carbocycles. The Morgan fingerprint density at radius 3 is 2.08 bits per heavy atom. The molecule has 1 N–H and O–H groups in total. The summed E-state index contributed by atoms with van der Waals surface area (Å²) in [5, 5.41) is 10.2. The highest BCUT2D eigenvalue weighted by atomic mass is 16.6. The van der Waals surface area contributed by atoms with Gasteiger partial charge in [0.1, 0.15) is 6.61 Å². The van der Waals surface area contributed by atoms with E-state index in [2.05, 4.69) is 0 Å². The highest BCUT2D eigenvalue weighted by Gasteiger charge is 2.41. The van der Waals surface area contributed by atoms with Gasteiger partial charge in [0.25, 0.3) is 0 Å². The van der Waals surface area contributed by atoms with E-state index in [9.17, 15) is 9.90 Å². The first-order valence-electron chi connectivity index (χ1n) is 9.37. The van der Waals surface area contributed by atoms with Crippen LogP contribution in [0, 0.1) is 0 Å². The molecule has 1 aliphatic carbocycles. The third-order valence-corrected chi connectivity index (χ3v) is 5.26. The van der Waals surface area contributed by atoms with Crippen LogP contribution < -0.4 is 0 Å². The SMILES string of the molecule is O=C(OCc1ccccc1)N(Cc1ccccc1)C1(CO)CCCCC1. The van der Waals surface area contributed by atoms with Crippen molar-refractivity contribution in [1.29, 1.82) is 0 Å². The molecule has 138 valence electrons. The highest BCUT2D eigenvalue weighted by Crippen LogP contribution is 2.35. The van der Waals surface area contributed by atoms with Gasteiger partial charge in [0.15, 0.2) is 0 Å². The largest absolute Gasteiger partial charge is 0.445 e. The van der Waals surface area contributed by atoms with Crippen LogP contribution in [-0.4, -0.2) is 28.2 Å². The van der Waals surface area contributed by atoms with Crippen LogP contribution in [0.4, 0.5) is 4.79 Å². The molecule has 0 saturated heterocycles. The molecule has 2 aromatic rings. The number of rotatable bonds is 6. The van der Waals surface area contributed by atoms with Crippen LogP contribution in [0.15, 0.2) is 60.7 Å². The molecule has 3 rings (SSSR count). The Bertz CT molecular complexity index is 681. The Kier molecular flexibility index (Phi) is 6.29. The molecule has 0 heterocycles. The van der Waals surface area contributed by atoms with E-state index < -0.39 is 5.54 Å². The molecule has 0 aliphatic heterocycles. The van der Waals surface area contributed by atoms with Crippen molar-refractivity contribution in [2.75, 3.05) is 6.61 Å². The van der Waals surface area contributed by atoms with Crippen molar-refractivity contribution in [3.05, 3.63) is 71.8 Å². The molecule has 26 heavy (non-hydrogen) atoms. The van der Waals surface area contributed by atoms with Crippen molar-refractivity contribution in [3.63, 3.8) is 0 Å². The number of hydrogen-bond donors (Lipinski definition) is 1. The van der Waals surface area contributed by atoms with E-state index in [4.69, 9.17) is 4.74 Å². The second kappa shape index (κ2) is 8.86. The molecule has 1 fully saturated rings. The second-order valence-electron chi connectivity index (χ2n) is 7.06. The summed E-state index contributed by atoms with van der Waals surface area (Å²) >= 11 is 0. The molecule has 4 heteroatoms. The first-order valence-corrected chi connectivity index (χ1v) is 9.37. The van der Waals surface area contributed by atoms with Gasteiger partial charge >= 0.3 is 6.09 Å². The number of carbonyl (C=O) groups excluding carboxylic acids is 1. The minimum Gasteiger partial charge on any atom is -0.445 e. The maximum atomic E-state index is 13.0. The van der Waals surface area contributed by atoms with E-state index in [0.717, 1.165) is 43.2 Å². The van der Waals surface area contributed by atoms with Gasteiger partial charge in [-0.3, -0.25) is 4.90 Å². The standard InChI is InChI=1S/C22H27NO3/c24-18-22(14-8-3-9-15-22)23(16-19-10-4-1-5-11-19)21(25)26-17-20-12-6-2-7-13-20/h1-2,4-7,10-13,24H,3,8-9,14-18H2. The maximum absolute atomic E-state index is 13.0. The predicted octanol–water partition coefficient (Wildman–Crippen LogP) is 4.52. The number of ether oxygens (including phenoxy) is 1. The van der Waals surface area contributed by atoms with Gasteiger partial charge < -0.3 is 9.84 Å². The first kappa shape index (κ1) is 18.5. The third-order valence-electron chi connectivity index (χ3n) is 5.26. The van der Waals surface area contributed by atoms with Crippen molar-refractivity contribution in [3.8, 4) is 0 Å². The summed E-state index contributed by atoms with van der Waals surface area (Å²) in [7, 11) is 0. The molecule has 0 bridgehead atoms. The summed E-state index contributed by atoms with van der Waals surface area (Å²) in [6, 6.07) is 19.6. The van der Waals surface area contributed by atoms with Crippen molar-refractivity contribution < 1.29 is 14.6 Å². The van der Waals surface area contributed by atoms with Crippen molar-refractivity contribution in [2.45, 2.75) is 50.8 Å². The monoisotopic (exact) mass is 353 g/mol. The number of nitrogens with zero attached hydrogens (tertiary/aromatic N) is 1. The zero-order valence-electron chi connectivity index (χ0n) is 15.1. The minimum absolute atomic E-state index is 0.0275. The molecular formula is C22H27NO3. The van der Waals surface area contributed by atoms with Gasteiger partial charge in [0.05, 0.1) is 12.1 Å². The molecule has 2 aromatic carbocycles. The van der Waals surface area contributed by atoms with Gasteiger partial charge in [-0.1, -0.05) is 79.9 Å². The van der Waals surface area contributed by atoms with Crippen LogP contribution in [0.2, 0.25) is 0 Å². The summed E-state index contributed by atoms with van der Waals surface area (Å²) in [4.78, 5) is 14.7. The molecule has 4 nitrogen and oxygen atoms in total. The fraction of sp³-hybridized carbons (Fsp3) is 0.409. The number of aliphatic hydroxyl groups excluding tert-OH is 1. The Hall–Kier alpha value is -2.33. The average Bonchev–Trinajstić information content (AvgIpc) is 2.72. The van der Waals surface area contributed by atoms with Gasteiger partial charge in [0.2, 0.25) is 0 Å². The van der Waals surface area contributed by atoms with Crippen LogP contribution in [-0.2, 0) is 17.9 Å². The summed E-state index contributed by atoms with van der Waals surface area (Å²) in [6.07, 6.45) is 4.48. The summed E-state index contributed by atoms with van der Waals surface area (Å²) in [6.45, 7) is 0.668. The Balaban J connectivity index is 1.78. The van der Waals surface area contributed by atoms with Crippen LogP contribution >= 0.6 is 0 Å². The third kappa shape index (κ3) is 4.44. The lowest BCUT2D eigenvalue weighted by molar-refractivity contribution is -0.00996. The van der Waals surface area contributed by atoms with E-state index in [1.807, 2.05) is 60.7 Å². The van der Waals surface area contributed by atoms with E-state index in [1.165, 1.54) is 0 Å². The fourth-order valence-corrected chi connectivity index (χ4v) is 3.71. The lowest BCUT2D eigenvalue weighted by Crippen LogP contribution is -2.55. The molecule has 0 aromatic heterocycles. The van der Waals surface area contributed by atoms with Crippen molar-refractivity contribution in [1.82, 2.24) is 4.90 Å². The van der Waals surface area contributed by atoms with Crippen LogP contribution in [0.3, 0.4) is 0 Å². The normalized spacial score (nSPS) is 16.0. The van der Waals surface area contributed by atoms with Crippen molar-refractivity contribution in [2.24, 2.45) is 0 Å². The Morgan fingerprint density at radius 2 is 1.50 bits per heavy atom. The number of amides is 1. The summed E-state index contributed by atoms with van der Waals surface area (Å²) in [5.41, 5.74) is 1.48. The molecule has 1 aliphatic rings. The predicted molar refractivity (Wildman–Crippen MR) is 102 cm³/mol. The van der Waals surface area contributed by atoms with Crippen molar-refractivity contribution >= 4 is 6.09 Å². The second-order valence-corrected chi connectivity index (χ2v) is 7.06. The van der Waals surface area contributed by atoms with Gasteiger partial charge in [-0.25, -0.2) is 4.79 Å². The minimum atomic E-state index is -0.526. The topological polar surface area (TPSA) is 49.8 Å². The molecule has 0 spiro atoms. The van der Waals surface area contributed by atoms with Gasteiger partial charge in [-0.2, -0.15) is 0 Å². The Labute approximate surface area is 155 Å². The summed E-state index contributed by atoms with van der Waals surface area (Å²) < 4.78 is 5.62. The number of aliphatic hydroxyl groups is 1. The van der Waals surface area contributed by atoms with E-state index in [0.29, 0.717) is 6.54 Å². The molecule has 0 unspecified atom stereocenters. The number of benzene rings is 2. The van der Waals surface area contributed by atoms with Crippen LogP contribution in [0.25, 0.3) is 0 Å². The quantitative estimate of drug-likeness (QED) is 0.830. The summed E-state index contributed by atoms with van der Waals surface area (Å²) in [5.74, 6) is 0. The molecule has 0 radical (unpaired) electrons. The number of carbonyl (C=O) groups is 1. The lowest BCUT2D eigenvalue weighted by atomic mass is 9.80. The maximum Gasteiger partial charge on any atom is 0.410 e. The first-order chi connectivity index (χ1) is 12.7. The zero-order chi connectivity index (χ0) is 18.2. The van der Waals surface area contributed by atoms with Gasteiger partial charge in [0, 0.05) is 6.54 Å². The Morgan fingerprint density at radius 1 is 0.923 bits per heavy atom. The highest BCUT2D eigenvalue weighted by molar-refractivity contribution is 5.69. The molecule has 0 atom stereocenters. The van der Waals surface area contributed by atoms with Gasteiger partial charge in [-0.15, -0.1) is 0 Å². The lowest BCUT2D eigenvalue weighted by Gasteiger charge is -2.44. The number of hydrogen-bond acceptors (Lipinski definition) is 3. The van der Waals surface area contributed by atoms with E-state index in [1.54, 1.807) is 4.90 Å². The zero-order valence-corrected chi connectivity index (χ0v) is 15.1. The fourth-order valence-electron chi connectivity index (χ4n) is 3.71. The van der Waals surface area contributed by atoms with E-state index >= 15 is 0 Å². The smallest absolute Gasteiger partial charge is 0.410 e. The molecule has 1 amide bonds.